The van der Waals surface area contributed by atoms with E-state index >= 15 is 0 Å². The number of aromatic nitrogens is 1. The highest BCUT2D eigenvalue weighted by molar-refractivity contribution is 7.98. The van der Waals surface area contributed by atoms with Crippen LogP contribution in [0.25, 0.3) is 0 Å². The van der Waals surface area contributed by atoms with Gasteiger partial charge in [-0.1, -0.05) is 6.07 Å². The first kappa shape index (κ1) is 17.1. The van der Waals surface area contributed by atoms with Crippen molar-refractivity contribution in [3.8, 4) is 11.6 Å². The van der Waals surface area contributed by atoms with Crippen molar-refractivity contribution in [3.05, 3.63) is 47.7 Å². The standard InChI is InChI=1S/C17H20N2O3S/c1-19(17(20)13-6-5-9-18-16(13)22-3)11-12-7-8-15(23-4)14(10-12)21-2/h5-10H,11H2,1-4H3. The fourth-order valence-electron chi connectivity index (χ4n) is 2.25. The number of carbonyl (C=O) groups excluding carboxylic acids is 1. The first-order valence-corrected chi connectivity index (χ1v) is 8.28. The van der Waals surface area contributed by atoms with Crippen LogP contribution in [0.3, 0.4) is 0 Å². The van der Waals surface area contributed by atoms with Crippen LogP contribution in [0.15, 0.2) is 41.4 Å². The van der Waals surface area contributed by atoms with Crippen LogP contribution in [-0.2, 0) is 6.54 Å². The molecule has 0 saturated carbocycles. The molecule has 0 aliphatic rings. The van der Waals surface area contributed by atoms with Crippen molar-refractivity contribution in [2.45, 2.75) is 11.4 Å². The molecule has 5 nitrogen and oxygen atoms in total. The number of nitrogens with zero attached hydrogens (tertiary/aromatic N) is 2. The molecule has 0 spiro atoms. The van der Waals surface area contributed by atoms with Crippen LogP contribution in [0.4, 0.5) is 0 Å². The summed E-state index contributed by atoms with van der Waals surface area (Å²) in [5.41, 5.74) is 1.45. The summed E-state index contributed by atoms with van der Waals surface area (Å²) in [6, 6.07) is 9.39. The second-order valence-electron chi connectivity index (χ2n) is 4.91. The molecule has 1 amide bonds. The van der Waals surface area contributed by atoms with Crippen molar-refractivity contribution in [1.82, 2.24) is 9.88 Å². The maximum atomic E-state index is 12.6. The number of benzene rings is 1. The van der Waals surface area contributed by atoms with Crippen LogP contribution in [0.1, 0.15) is 15.9 Å². The molecule has 0 atom stereocenters. The Morgan fingerprint density at radius 2 is 2.04 bits per heavy atom. The Morgan fingerprint density at radius 3 is 2.70 bits per heavy atom. The second-order valence-corrected chi connectivity index (χ2v) is 5.76. The molecule has 0 aliphatic heterocycles. The minimum atomic E-state index is -0.136. The van der Waals surface area contributed by atoms with E-state index in [4.69, 9.17) is 9.47 Å². The van der Waals surface area contributed by atoms with Crippen LogP contribution in [0, 0.1) is 0 Å². The van der Waals surface area contributed by atoms with Gasteiger partial charge in [0.05, 0.1) is 14.2 Å². The van der Waals surface area contributed by atoms with E-state index < -0.39 is 0 Å². The second kappa shape index (κ2) is 7.87. The summed E-state index contributed by atoms with van der Waals surface area (Å²) < 4.78 is 10.5. The fraction of sp³-hybridized carbons (Fsp3) is 0.294. The topological polar surface area (TPSA) is 51.7 Å². The summed E-state index contributed by atoms with van der Waals surface area (Å²) in [5.74, 6) is 1.01. The summed E-state index contributed by atoms with van der Waals surface area (Å²) in [4.78, 5) is 19.3. The highest BCUT2D eigenvalue weighted by Gasteiger charge is 2.17. The van der Waals surface area contributed by atoms with Gasteiger partial charge in [-0.05, 0) is 36.1 Å². The summed E-state index contributed by atoms with van der Waals surface area (Å²) in [7, 11) is 4.91. The molecule has 0 fully saturated rings. The van der Waals surface area contributed by atoms with Crippen LogP contribution >= 0.6 is 11.8 Å². The number of methoxy groups -OCH3 is 2. The van der Waals surface area contributed by atoms with Crippen molar-refractivity contribution in [3.63, 3.8) is 0 Å². The van der Waals surface area contributed by atoms with Crippen molar-refractivity contribution < 1.29 is 14.3 Å². The summed E-state index contributed by atoms with van der Waals surface area (Å²) >= 11 is 1.63. The fourth-order valence-corrected chi connectivity index (χ4v) is 2.79. The number of carbonyl (C=O) groups is 1. The Bertz CT molecular complexity index is 691. The SMILES string of the molecule is COc1cc(CN(C)C(=O)c2cccnc2OC)ccc1SC. The Labute approximate surface area is 140 Å². The van der Waals surface area contributed by atoms with Gasteiger partial charge in [0.25, 0.3) is 5.91 Å². The monoisotopic (exact) mass is 332 g/mol. The third-order valence-electron chi connectivity index (χ3n) is 3.41. The molecule has 2 aromatic rings. The predicted molar refractivity (Wildman–Crippen MR) is 91.4 cm³/mol. The Kier molecular flexibility index (Phi) is 5.87. The molecule has 0 radical (unpaired) electrons. The Balaban J connectivity index is 2.18. The minimum absolute atomic E-state index is 0.136. The molecule has 2 rings (SSSR count). The number of pyridine rings is 1. The molecule has 23 heavy (non-hydrogen) atoms. The van der Waals surface area contributed by atoms with E-state index in [1.165, 1.54) is 7.11 Å². The minimum Gasteiger partial charge on any atom is -0.496 e. The Morgan fingerprint density at radius 1 is 1.26 bits per heavy atom. The van der Waals surface area contributed by atoms with Crippen LogP contribution < -0.4 is 9.47 Å². The van der Waals surface area contributed by atoms with E-state index in [9.17, 15) is 4.79 Å². The van der Waals surface area contributed by atoms with E-state index in [2.05, 4.69) is 4.98 Å². The van der Waals surface area contributed by atoms with Crippen molar-refractivity contribution in [2.75, 3.05) is 27.5 Å². The highest BCUT2D eigenvalue weighted by atomic mass is 32.2. The molecule has 122 valence electrons. The molecule has 0 N–H and O–H groups in total. The van der Waals surface area contributed by atoms with E-state index in [1.807, 2.05) is 24.5 Å². The van der Waals surface area contributed by atoms with Gasteiger partial charge < -0.3 is 14.4 Å². The van der Waals surface area contributed by atoms with E-state index in [1.54, 1.807) is 49.1 Å². The van der Waals surface area contributed by atoms with Crippen LogP contribution in [-0.4, -0.2) is 43.3 Å². The lowest BCUT2D eigenvalue weighted by Crippen LogP contribution is -2.26. The van der Waals surface area contributed by atoms with E-state index in [0.29, 0.717) is 18.0 Å². The zero-order valence-electron chi connectivity index (χ0n) is 13.7. The number of hydrogen-bond acceptors (Lipinski definition) is 5. The number of thioether (sulfide) groups is 1. The van der Waals surface area contributed by atoms with E-state index in [0.717, 1.165) is 16.2 Å². The first-order chi connectivity index (χ1) is 11.1. The lowest BCUT2D eigenvalue weighted by atomic mass is 10.2. The normalized spacial score (nSPS) is 10.3. The largest absolute Gasteiger partial charge is 0.496 e. The molecule has 1 aromatic heterocycles. The van der Waals surface area contributed by atoms with Crippen molar-refractivity contribution >= 4 is 17.7 Å². The van der Waals surface area contributed by atoms with Gasteiger partial charge in [0, 0.05) is 24.7 Å². The molecule has 0 bridgehead atoms. The average Bonchev–Trinajstić information content (AvgIpc) is 2.60. The van der Waals surface area contributed by atoms with Gasteiger partial charge in [0.15, 0.2) is 0 Å². The quantitative estimate of drug-likeness (QED) is 0.761. The third kappa shape index (κ3) is 3.96. The van der Waals surface area contributed by atoms with Gasteiger partial charge >= 0.3 is 0 Å². The van der Waals surface area contributed by atoms with Gasteiger partial charge in [-0.15, -0.1) is 11.8 Å². The lowest BCUT2D eigenvalue weighted by molar-refractivity contribution is 0.0780. The Hall–Kier alpha value is -2.21. The molecule has 6 heteroatoms. The van der Waals surface area contributed by atoms with Gasteiger partial charge in [-0.2, -0.15) is 0 Å². The smallest absolute Gasteiger partial charge is 0.259 e. The van der Waals surface area contributed by atoms with Crippen molar-refractivity contribution in [1.29, 1.82) is 0 Å². The van der Waals surface area contributed by atoms with Gasteiger partial charge in [0.2, 0.25) is 5.88 Å². The number of ether oxygens (including phenoxy) is 2. The van der Waals surface area contributed by atoms with Gasteiger partial charge in [0.1, 0.15) is 11.3 Å². The van der Waals surface area contributed by atoms with Gasteiger partial charge in [-0.3, -0.25) is 4.79 Å². The van der Waals surface area contributed by atoms with Crippen molar-refractivity contribution in [2.24, 2.45) is 0 Å². The molecule has 0 unspecified atom stereocenters. The third-order valence-corrected chi connectivity index (χ3v) is 4.19. The zero-order valence-corrected chi connectivity index (χ0v) is 14.5. The van der Waals surface area contributed by atoms with Crippen LogP contribution in [0.2, 0.25) is 0 Å². The number of amides is 1. The maximum Gasteiger partial charge on any atom is 0.259 e. The molecular weight excluding hydrogens is 312 g/mol. The van der Waals surface area contributed by atoms with Gasteiger partial charge in [-0.25, -0.2) is 4.98 Å². The summed E-state index contributed by atoms with van der Waals surface area (Å²) in [6.45, 7) is 0.474. The van der Waals surface area contributed by atoms with E-state index in [-0.39, 0.29) is 5.91 Å². The number of hydrogen-bond donors (Lipinski definition) is 0. The molecule has 0 saturated heterocycles. The zero-order chi connectivity index (χ0) is 16.8. The molecule has 1 heterocycles. The molecule has 1 aromatic carbocycles. The molecular formula is C17H20N2O3S. The van der Waals surface area contributed by atoms with Crippen LogP contribution in [0.5, 0.6) is 11.6 Å². The molecule has 0 aliphatic carbocycles. The maximum absolute atomic E-state index is 12.6. The lowest BCUT2D eigenvalue weighted by Gasteiger charge is -2.19. The first-order valence-electron chi connectivity index (χ1n) is 7.06. The summed E-state index contributed by atoms with van der Waals surface area (Å²) in [6.07, 6.45) is 3.60. The predicted octanol–water partition coefficient (Wildman–Crippen LogP) is 3.09. The average molecular weight is 332 g/mol. The summed E-state index contributed by atoms with van der Waals surface area (Å²) in [5, 5.41) is 0. The number of rotatable bonds is 6. The highest BCUT2D eigenvalue weighted by Crippen LogP contribution is 2.29.